The Balaban J connectivity index is 2.28. The monoisotopic (exact) mass is 241 g/mol. The molecular weight excluding hydrogens is 222 g/mol. The van der Waals surface area contributed by atoms with E-state index in [0.29, 0.717) is 12.5 Å². The predicted octanol–water partition coefficient (Wildman–Crippen LogP) is 2.69. The highest BCUT2D eigenvalue weighted by Crippen LogP contribution is 2.23. The highest BCUT2D eigenvalue weighted by atomic mass is 14.8. The van der Waals surface area contributed by atoms with Crippen LogP contribution in [0.4, 0.5) is 0 Å². The SMILES string of the molecule is CC(C)c1ccc(C(CN)c2ccncn2)cc1. The number of nitrogens with zero attached hydrogens (tertiary/aromatic N) is 2. The van der Waals surface area contributed by atoms with Gasteiger partial charge in [0.2, 0.25) is 0 Å². The van der Waals surface area contributed by atoms with Crippen LogP contribution in [-0.4, -0.2) is 16.5 Å². The Morgan fingerprint density at radius 1 is 1.06 bits per heavy atom. The molecule has 0 spiro atoms. The number of hydrogen-bond acceptors (Lipinski definition) is 3. The Labute approximate surface area is 108 Å². The van der Waals surface area contributed by atoms with E-state index in [2.05, 4.69) is 48.1 Å². The molecule has 0 bridgehead atoms. The van der Waals surface area contributed by atoms with Gasteiger partial charge in [0, 0.05) is 18.7 Å². The third-order valence-corrected chi connectivity index (χ3v) is 3.20. The first kappa shape index (κ1) is 12.7. The van der Waals surface area contributed by atoms with Crippen LogP contribution in [0.2, 0.25) is 0 Å². The van der Waals surface area contributed by atoms with Crippen LogP contribution in [0.1, 0.15) is 42.5 Å². The molecule has 3 nitrogen and oxygen atoms in total. The van der Waals surface area contributed by atoms with Crippen molar-refractivity contribution in [2.24, 2.45) is 5.73 Å². The molecule has 0 fully saturated rings. The number of hydrogen-bond donors (Lipinski definition) is 1. The number of aromatic nitrogens is 2. The molecule has 1 atom stereocenters. The zero-order valence-electron chi connectivity index (χ0n) is 10.9. The van der Waals surface area contributed by atoms with E-state index in [9.17, 15) is 0 Å². The van der Waals surface area contributed by atoms with E-state index in [0.717, 1.165) is 5.69 Å². The van der Waals surface area contributed by atoms with E-state index in [1.54, 1.807) is 12.5 Å². The van der Waals surface area contributed by atoms with Crippen molar-refractivity contribution < 1.29 is 0 Å². The molecule has 1 aromatic heterocycles. The third kappa shape index (κ3) is 2.74. The zero-order chi connectivity index (χ0) is 13.0. The lowest BCUT2D eigenvalue weighted by Crippen LogP contribution is -2.15. The van der Waals surface area contributed by atoms with E-state index in [-0.39, 0.29) is 5.92 Å². The smallest absolute Gasteiger partial charge is 0.115 e. The normalized spacial score (nSPS) is 12.7. The lowest BCUT2D eigenvalue weighted by Gasteiger charge is -2.15. The zero-order valence-corrected chi connectivity index (χ0v) is 10.9. The minimum absolute atomic E-state index is 0.147. The van der Waals surface area contributed by atoms with Gasteiger partial charge < -0.3 is 5.73 Å². The van der Waals surface area contributed by atoms with Crippen LogP contribution in [0.3, 0.4) is 0 Å². The molecule has 0 aliphatic carbocycles. The summed E-state index contributed by atoms with van der Waals surface area (Å²) in [5.41, 5.74) is 9.40. The van der Waals surface area contributed by atoms with Crippen molar-refractivity contribution in [2.45, 2.75) is 25.7 Å². The van der Waals surface area contributed by atoms with Crippen molar-refractivity contribution in [3.8, 4) is 0 Å². The van der Waals surface area contributed by atoms with Gasteiger partial charge in [0.15, 0.2) is 0 Å². The van der Waals surface area contributed by atoms with E-state index in [1.165, 1.54) is 11.1 Å². The van der Waals surface area contributed by atoms with Gasteiger partial charge >= 0.3 is 0 Å². The summed E-state index contributed by atoms with van der Waals surface area (Å²) in [4.78, 5) is 8.23. The Bertz CT molecular complexity index is 477. The molecule has 0 aliphatic heterocycles. The second-order valence-corrected chi connectivity index (χ2v) is 4.74. The molecule has 18 heavy (non-hydrogen) atoms. The van der Waals surface area contributed by atoms with E-state index >= 15 is 0 Å². The van der Waals surface area contributed by atoms with Gasteiger partial charge in [-0.2, -0.15) is 0 Å². The molecule has 94 valence electrons. The average Bonchev–Trinajstić information content (AvgIpc) is 2.41. The van der Waals surface area contributed by atoms with Crippen molar-refractivity contribution in [1.82, 2.24) is 9.97 Å². The van der Waals surface area contributed by atoms with E-state index in [4.69, 9.17) is 5.73 Å². The fraction of sp³-hybridized carbons (Fsp3) is 0.333. The van der Waals surface area contributed by atoms with Gasteiger partial charge in [0.1, 0.15) is 6.33 Å². The molecule has 1 unspecified atom stereocenters. The topological polar surface area (TPSA) is 51.8 Å². The molecule has 0 saturated heterocycles. The van der Waals surface area contributed by atoms with Crippen molar-refractivity contribution >= 4 is 0 Å². The van der Waals surface area contributed by atoms with Crippen LogP contribution >= 0.6 is 0 Å². The lowest BCUT2D eigenvalue weighted by atomic mass is 9.93. The minimum Gasteiger partial charge on any atom is -0.329 e. The molecule has 3 heteroatoms. The van der Waals surface area contributed by atoms with E-state index < -0.39 is 0 Å². The third-order valence-electron chi connectivity index (χ3n) is 3.20. The highest BCUT2D eigenvalue weighted by molar-refractivity contribution is 5.32. The van der Waals surface area contributed by atoms with E-state index in [1.807, 2.05) is 6.07 Å². The quantitative estimate of drug-likeness (QED) is 0.895. The number of nitrogens with two attached hydrogens (primary N) is 1. The van der Waals surface area contributed by atoms with Gasteiger partial charge in [-0.3, -0.25) is 0 Å². The van der Waals surface area contributed by atoms with Crippen LogP contribution in [0.5, 0.6) is 0 Å². The summed E-state index contributed by atoms with van der Waals surface area (Å²) in [6.07, 6.45) is 3.33. The van der Waals surface area contributed by atoms with Crippen molar-refractivity contribution in [3.05, 3.63) is 59.7 Å². The summed E-state index contributed by atoms with van der Waals surface area (Å²) >= 11 is 0. The standard InChI is InChI=1S/C15H19N3/c1-11(2)12-3-5-13(6-4-12)14(9-16)15-7-8-17-10-18-15/h3-8,10-11,14H,9,16H2,1-2H3. The molecule has 0 aliphatic rings. The Hall–Kier alpha value is -1.74. The first-order valence-corrected chi connectivity index (χ1v) is 6.28. The van der Waals surface area contributed by atoms with Gasteiger partial charge in [-0.25, -0.2) is 9.97 Å². The Morgan fingerprint density at radius 2 is 1.72 bits per heavy atom. The van der Waals surface area contributed by atoms with Gasteiger partial charge in [-0.15, -0.1) is 0 Å². The summed E-state index contributed by atoms with van der Waals surface area (Å²) < 4.78 is 0. The summed E-state index contributed by atoms with van der Waals surface area (Å²) in [7, 11) is 0. The molecular formula is C15H19N3. The van der Waals surface area contributed by atoms with Crippen LogP contribution in [-0.2, 0) is 0 Å². The van der Waals surface area contributed by atoms with Crippen LogP contribution < -0.4 is 5.73 Å². The molecule has 2 N–H and O–H groups in total. The lowest BCUT2D eigenvalue weighted by molar-refractivity contribution is 0.778. The van der Waals surface area contributed by atoms with Crippen LogP contribution in [0.25, 0.3) is 0 Å². The first-order chi connectivity index (χ1) is 8.72. The van der Waals surface area contributed by atoms with Crippen molar-refractivity contribution in [2.75, 3.05) is 6.54 Å². The largest absolute Gasteiger partial charge is 0.329 e. The first-order valence-electron chi connectivity index (χ1n) is 6.28. The van der Waals surface area contributed by atoms with Crippen LogP contribution in [0, 0.1) is 0 Å². The van der Waals surface area contributed by atoms with Crippen molar-refractivity contribution in [3.63, 3.8) is 0 Å². The summed E-state index contributed by atoms with van der Waals surface area (Å²) in [5, 5.41) is 0. The summed E-state index contributed by atoms with van der Waals surface area (Å²) in [6, 6.07) is 10.6. The molecule has 1 heterocycles. The number of rotatable bonds is 4. The predicted molar refractivity (Wildman–Crippen MR) is 73.5 cm³/mol. The molecule has 2 aromatic rings. The fourth-order valence-corrected chi connectivity index (χ4v) is 2.05. The number of benzene rings is 1. The Kier molecular flexibility index (Phi) is 4.05. The molecule has 0 radical (unpaired) electrons. The second-order valence-electron chi connectivity index (χ2n) is 4.74. The maximum absolute atomic E-state index is 5.87. The van der Waals surface area contributed by atoms with Crippen molar-refractivity contribution in [1.29, 1.82) is 0 Å². The molecule has 0 amide bonds. The Morgan fingerprint density at radius 3 is 2.22 bits per heavy atom. The molecule has 0 saturated carbocycles. The molecule has 1 aromatic carbocycles. The maximum Gasteiger partial charge on any atom is 0.115 e. The van der Waals surface area contributed by atoms with Crippen LogP contribution in [0.15, 0.2) is 42.9 Å². The minimum atomic E-state index is 0.147. The average molecular weight is 241 g/mol. The van der Waals surface area contributed by atoms with Gasteiger partial charge in [-0.1, -0.05) is 38.1 Å². The fourth-order valence-electron chi connectivity index (χ4n) is 2.05. The van der Waals surface area contributed by atoms with Gasteiger partial charge in [-0.05, 0) is 23.1 Å². The second kappa shape index (κ2) is 5.74. The maximum atomic E-state index is 5.87. The molecule has 2 rings (SSSR count). The summed E-state index contributed by atoms with van der Waals surface area (Å²) in [5.74, 6) is 0.698. The van der Waals surface area contributed by atoms with Gasteiger partial charge in [0.05, 0.1) is 5.69 Å². The van der Waals surface area contributed by atoms with Gasteiger partial charge in [0.25, 0.3) is 0 Å². The summed E-state index contributed by atoms with van der Waals surface area (Å²) in [6.45, 7) is 4.94. The highest BCUT2D eigenvalue weighted by Gasteiger charge is 2.13.